The molecule has 8 aromatic carbocycles. The molecule has 0 saturated carbocycles. The minimum Gasteiger partial charge on any atom is -0.462 e. The van der Waals surface area contributed by atoms with Gasteiger partial charge in [-0.1, -0.05) is 148 Å². The van der Waals surface area contributed by atoms with Gasteiger partial charge in [-0.25, -0.2) is 9.59 Å². The zero-order chi connectivity index (χ0) is 54.4. The summed E-state index contributed by atoms with van der Waals surface area (Å²) in [4.78, 5) is 26.4. The summed E-state index contributed by atoms with van der Waals surface area (Å²) in [6, 6.07) is 57.1. The van der Waals surface area contributed by atoms with Crippen LogP contribution in [0.15, 0.2) is 190 Å². The average Bonchev–Trinajstić information content (AvgIpc) is 4.29. The van der Waals surface area contributed by atoms with Crippen molar-refractivity contribution >= 4 is 79.4 Å². The van der Waals surface area contributed by atoms with E-state index in [9.17, 15) is 9.59 Å². The molecule has 2 aromatic heterocycles. The van der Waals surface area contributed by atoms with Crippen LogP contribution in [0.5, 0.6) is 0 Å². The van der Waals surface area contributed by atoms with Crippen LogP contribution in [0.1, 0.15) is 93.6 Å². The Kier molecular flexibility index (Phi) is 15.2. The van der Waals surface area contributed by atoms with Crippen molar-refractivity contribution in [3.05, 3.63) is 214 Å². The zero-order valence-corrected chi connectivity index (χ0v) is 44.9. The number of benzene rings is 8. The fraction of sp³-hybridized carbons (Fsp3) is 0.206. The van der Waals surface area contributed by atoms with Crippen LogP contribution in [0.4, 0.5) is 0 Å². The molecule has 10 aromatic rings. The zero-order valence-electron chi connectivity index (χ0n) is 44.9. The molecular formula is C68H60N6O6. The third-order valence-corrected chi connectivity index (χ3v) is 15.1. The number of unbranched alkanes of at least 4 members (excludes halogenated alkanes) is 2. The van der Waals surface area contributed by atoms with Crippen LogP contribution in [0, 0.1) is 0 Å². The van der Waals surface area contributed by atoms with Gasteiger partial charge in [-0.3, -0.25) is 0 Å². The molecule has 0 N–H and O–H groups in total. The smallest absolute Gasteiger partial charge is 0.338 e. The highest BCUT2D eigenvalue weighted by Gasteiger charge is 2.31. The lowest BCUT2D eigenvalue weighted by Crippen LogP contribution is -2.12. The predicted molar refractivity (Wildman–Crippen MR) is 321 cm³/mol. The molecule has 2 aliphatic carbocycles. The van der Waals surface area contributed by atoms with E-state index in [2.05, 4.69) is 118 Å². The van der Waals surface area contributed by atoms with Gasteiger partial charge in [0.2, 0.25) is 0 Å². The SMILES string of the molecule is CCCCOC(=O)c1cccc2c1-c1ccccc1C2=NN=Cc1ccc2c(c1)c1ccccc1n2CCOCCOCCn1c2ccccc2c2cc(C=NN=C3c4ccccc4-c4c(C(=O)OCCCC)cccc43)ccc21. The number of nitrogens with zero attached hydrogens (tertiary/aromatic N) is 6. The Hall–Kier alpha value is -9.10. The molecule has 0 aliphatic heterocycles. The number of carbonyl (C=O) groups is 2. The summed E-state index contributed by atoms with van der Waals surface area (Å²) in [7, 11) is 0. The largest absolute Gasteiger partial charge is 0.462 e. The van der Waals surface area contributed by atoms with Crippen LogP contribution in [0.3, 0.4) is 0 Å². The van der Waals surface area contributed by atoms with E-state index in [1.807, 2.05) is 84.9 Å². The molecule has 2 heterocycles. The number of para-hydroxylation sites is 2. The average molecular weight is 1060 g/mol. The first kappa shape index (κ1) is 51.6. The Morgan fingerprint density at radius 3 is 1.26 bits per heavy atom. The van der Waals surface area contributed by atoms with Gasteiger partial charge in [-0.2, -0.15) is 10.2 Å². The number of aromatic nitrogens is 2. The molecule has 12 heteroatoms. The van der Waals surface area contributed by atoms with E-state index in [0.29, 0.717) is 63.9 Å². The third kappa shape index (κ3) is 10.0. The number of ether oxygens (including phenoxy) is 4. The second kappa shape index (κ2) is 23.5. The van der Waals surface area contributed by atoms with Crippen molar-refractivity contribution in [1.29, 1.82) is 0 Å². The van der Waals surface area contributed by atoms with E-state index in [0.717, 1.165) is 136 Å². The van der Waals surface area contributed by atoms with Gasteiger partial charge in [0, 0.05) is 90.1 Å². The van der Waals surface area contributed by atoms with Gasteiger partial charge in [0.1, 0.15) is 11.4 Å². The summed E-state index contributed by atoms with van der Waals surface area (Å²) < 4.78 is 28.3. The fourth-order valence-corrected chi connectivity index (χ4v) is 11.2. The van der Waals surface area contributed by atoms with E-state index >= 15 is 0 Å². The maximum absolute atomic E-state index is 13.2. The van der Waals surface area contributed by atoms with E-state index in [-0.39, 0.29) is 11.9 Å². The van der Waals surface area contributed by atoms with Crippen molar-refractivity contribution < 1.29 is 28.5 Å². The van der Waals surface area contributed by atoms with Gasteiger partial charge in [0.25, 0.3) is 0 Å². The van der Waals surface area contributed by atoms with Crippen LogP contribution in [-0.4, -0.2) is 84.6 Å². The van der Waals surface area contributed by atoms with Gasteiger partial charge in [0.05, 0.1) is 63.2 Å². The molecule has 0 bridgehead atoms. The molecule has 80 heavy (non-hydrogen) atoms. The number of hydrogen-bond donors (Lipinski definition) is 0. The molecule has 0 spiro atoms. The van der Waals surface area contributed by atoms with E-state index in [4.69, 9.17) is 29.2 Å². The third-order valence-electron chi connectivity index (χ3n) is 15.1. The summed E-state index contributed by atoms with van der Waals surface area (Å²) in [6.45, 7) is 8.31. The number of hydrogen-bond acceptors (Lipinski definition) is 10. The maximum atomic E-state index is 13.2. The first-order chi connectivity index (χ1) is 39.5. The lowest BCUT2D eigenvalue weighted by molar-refractivity contribution is 0.0431. The molecule has 12 rings (SSSR count). The quantitative estimate of drug-likeness (QED) is 0.0305. The first-order valence-electron chi connectivity index (χ1n) is 27.7. The Labute approximate surface area is 464 Å². The standard InChI is InChI=1S/C68H60N6O6/c1-3-5-35-79-67(75)55-25-15-23-53-63(55)49-19-7-9-21-51(49)65(53)71-69-43-45-29-31-61-57(41-45)47-17-11-13-27-59(47)73(61)33-37-77-39-40-78-38-34-74-60-28-14-12-18-48(60)58-42-46(30-32-62(58)74)44-70-72-66-52-22-10-8-20-50(52)64-54(66)24-16-26-56(64)68(76)80-36-6-4-2/h7-32,41-44H,3-6,33-40H2,1-2H3. The highest BCUT2D eigenvalue weighted by atomic mass is 16.5. The van der Waals surface area contributed by atoms with E-state index < -0.39 is 0 Å². The second-order valence-electron chi connectivity index (χ2n) is 20.0. The van der Waals surface area contributed by atoms with Crippen molar-refractivity contribution in [3.8, 4) is 22.3 Å². The Balaban J connectivity index is 0.676. The van der Waals surface area contributed by atoms with Crippen molar-refractivity contribution in [2.24, 2.45) is 20.4 Å². The molecule has 0 fully saturated rings. The van der Waals surface area contributed by atoms with E-state index in [1.165, 1.54) is 0 Å². The minimum absolute atomic E-state index is 0.321. The van der Waals surface area contributed by atoms with Crippen LogP contribution in [0.25, 0.3) is 65.9 Å². The summed E-state index contributed by atoms with van der Waals surface area (Å²) in [5, 5.41) is 23.3. The first-order valence-corrected chi connectivity index (χ1v) is 27.7. The molecule has 0 saturated heterocycles. The maximum Gasteiger partial charge on any atom is 0.338 e. The topological polar surface area (TPSA) is 130 Å². The fourth-order valence-electron chi connectivity index (χ4n) is 11.2. The highest BCUT2D eigenvalue weighted by molar-refractivity contribution is 6.28. The van der Waals surface area contributed by atoms with Crippen LogP contribution in [0.2, 0.25) is 0 Å². The summed E-state index contributed by atoms with van der Waals surface area (Å²) in [6.07, 6.45) is 7.13. The monoisotopic (exact) mass is 1060 g/mol. The lowest BCUT2D eigenvalue weighted by atomic mass is 9.99. The van der Waals surface area contributed by atoms with Gasteiger partial charge in [-0.15, -0.1) is 10.2 Å². The van der Waals surface area contributed by atoms with Crippen molar-refractivity contribution in [1.82, 2.24) is 9.13 Å². The normalized spacial score (nSPS) is 13.6. The number of rotatable bonds is 21. The second-order valence-corrected chi connectivity index (χ2v) is 20.0. The Bertz CT molecular complexity index is 3860. The van der Waals surface area contributed by atoms with Crippen molar-refractivity contribution in [2.45, 2.75) is 52.6 Å². The van der Waals surface area contributed by atoms with E-state index in [1.54, 1.807) is 12.4 Å². The van der Waals surface area contributed by atoms with Crippen LogP contribution in [-0.2, 0) is 32.0 Å². The Morgan fingerprint density at radius 2 is 0.812 bits per heavy atom. The molecule has 0 atom stereocenters. The lowest BCUT2D eigenvalue weighted by Gasteiger charge is -2.10. The predicted octanol–water partition coefficient (Wildman–Crippen LogP) is 14.3. The van der Waals surface area contributed by atoms with Gasteiger partial charge < -0.3 is 28.1 Å². The van der Waals surface area contributed by atoms with Crippen molar-refractivity contribution in [2.75, 3.05) is 39.6 Å². The number of fused-ring (bicyclic) bond motifs is 12. The van der Waals surface area contributed by atoms with Crippen LogP contribution >= 0.6 is 0 Å². The molecule has 0 radical (unpaired) electrons. The Morgan fingerprint density at radius 1 is 0.412 bits per heavy atom. The molecule has 0 unspecified atom stereocenters. The van der Waals surface area contributed by atoms with Gasteiger partial charge in [-0.05, 0) is 83.6 Å². The minimum atomic E-state index is -0.321. The van der Waals surface area contributed by atoms with Gasteiger partial charge >= 0.3 is 11.9 Å². The molecule has 0 amide bonds. The molecule has 398 valence electrons. The van der Waals surface area contributed by atoms with Crippen molar-refractivity contribution in [3.63, 3.8) is 0 Å². The molecule has 12 nitrogen and oxygen atoms in total. The van der Waals surface area contributed by atoms with Crippen LogP contribution < -0.4 is 0 Å². The highest BCUT2D eigenvalue weighted by Crippen LogP contribution is 2.42. The van der Waals surface area contributed by atoms with Gasteiger partial charge in [0.15, 0.2) is 0 Å². The summed E-state index contributed by atoms with van der Waals surface area (Å²) >= 11 is 0. The summed E-state index contributed by atoms with van der Waals surface area (Å²) in [5.74, 6) is -0.642. The summed E-state index contributed by atoms with van der Waals surface area (Å²) in [5.41, 5.74) is 16.1. The molecular weight excluding hydrogens is 997 g/mol. The number of carbonyl (C=O) groups excluding carboxylic acids is 2. The molecule has 2 aliphatic rings. The number of esters is 2.